The van der Waals surface area contributed by atoms with E-state index in [1.165, 1.54) is 44.1 Å². The Bertz CT molecular complexity index is 1390. The van der Waals surface area contributed by atoms with Gasteiger partial charge in [0, 0.05) is 30.8 Å². The minimum absolute atomic E-state index is 0.337. The number of anilines is 1. The van der Waals surface area contributed by atoms with Gasteiger partial charge in [-0.15, -0.1) is 0 Å². The number of unbranched alkanes of at least 4 members (excludes halogenated alkanes) is 1. The Hall–Kier alpha value is -3.80. The lowest BCUT2D eigenvalue weighted by Crippen LogP contribution is -2.12. The summed E-state index contributed by atoms with van der Waals surface area (Å²) in [5.74, 6) is 2.32. The highest BCUT2D eigenvalue weighted by Crippen LogP contribution is 2.31. The average molecular weight is 526 g/mol. The molecule has 0 bridgehead atoms. The number of aryl methyl sites for hydroxylation is 1. The van der Waals surface area contributed by atoms with Crippen LogP contribution in [0.5, 0.6) is 5.75 Å². The van der Waals surface area contributed by atoms with Gasteiger partial charge in [0.05, 0.1) is 11.0 Å². The first-order valence-corrected chi connectivity index (χ1v) is 14.4. The Labute approximate surface area is 231 Å². The van der Waals surface area contributed by atoms with Crippen LogP contribution in [0.2, 0.25) is 0 Å². The number of hydrogen-bond donors (Lipinski definition) is 2. The number of carboxylic acid groups (broad SMARTS) is 1. The first-order chi connectivity index (χ1) is 19.1. The van der Waals surface area contributed by atoms with E-state index in [2.05, 4.69) is 47.1 Å². The van der Waals surface area contributed by atoms with E-state index in [0.717, 1.165) is 71.9 Å². The summed E-state index contributed by atoms with van der Waals surface area (Å²) in [7, 11) is 0. The van der Waals surface area contributed by atoms with Crippen molar-refractivity contribution in [3.63, 3.8) is 0 Å². The third kappa shape index (κ3) is 6.80. The number of fused-ring (bicyclic) bond motifs is 1. The summed E-state index contributed by atoms with van der Waals surface area (Å²) in [5, 5.41) is 12.8. The van der Waals surface area contributed by atoms with Crippen molar-refractivity contribution in [3.8, 4) is 16.9 Å². The van der Waals surface area contributed by atoms with Crippen molar-refractivity contribution >= 4 is 22.9 Å². The number of aromatic nitrogens is 2. The number of rotatable bonds is 11. The molecular formula is C33H39N3O3. The maximum Gasteiger partial charge on any atom is 0.511 e. The van der Waals surface area contributed by atoms with Crippen molar-refractivity contribution in [1.82, 2.24) is 9.55 Å². The first kappa shape index (κ1) is 26.8. The monoisotopic (exact) mass is 525 g/mol. The van der Waals surface area contributed by atoms with E-state index < -0.39 is 6.16 Å². The predicted molar refractivity (Wildman–Crippen MR) is 158 cm³/mol. The lowest BCUT2D eigenvalue weighted by molar-refractivity contribution is 0.144. The number of nitrogens with zero attached hydrogens (tertiary/aromatic N) is 2. The molecule has 0 saturated heterocycles. The number of ether oxygens (including phenoxy) is 1. The number of carbonyl (C=O) groups is 1. The summed E-state index contributed by atoms with van der Waals surface area (Å²) in [6.45, 7) is 3.96. The van der Waals surface area contributed by atoms with E-state index in [-0.39, 0.29) is 0 Å². The molecule has 0 unspecified atom stereocenters. The minimum Gasteiger partial charge on any atom is -0.449 e. The Morgan fingerprint density at radius 2 is 1.85 bits per heavy atom. The molecule has 6 heteroatoms. The van der Waals surface area contributed by atoms with Gasteiger partial charge in [0.25, 0.3) is 0 Å². The second-order valence-electron chi connectivity index (χ2n) is 10.7. The lowest BCUT2D eigenvalue weighted by atomic mass is 9.87. The van der Waals surface area contributed by atoms with Crippen molar-refractivity contribution in [2.75, 3.05) is 11.9 Å². The van der Waals surface area contributed by atoms with E-state index in [4.69, 9.17) is 14.8 Å². The van der Waals surface area contributed by atoms with Gasteiger partial charge in [-0.25, -0.2) is 9.78 Å². The Balaban J connectivity index is 1.36. The second kappa shape index (κ2) is 12.8. The SMILES string of the molecule is CCCCc1nc2ccc(NCCC3CCCCC3)cc2n1Cc1ccc(-c2ccccc2OC(=O)O)cc1. The molecule has 1 aromatic heterocycles. The molecule has 204 valence electrons. The van der Waals surface area contributed by atoms with Crippen LogP contribution in [-0.2, 0) is 13.0 Å². The molecule has 6 nitrogen and oxygen atoms in total. The van der Waals surface area contributed by atoms with Gasteiger partial charge >= 0.3 is 6.16 Å². The van der Waals surface area contributed by atoms with Crippen LogP contribution >= 0.6 is 0 Å². The van der Waals surface area contributed by atoms with Crippen molar-refractivity contribution in [1.29, 1.82) is 0 Å². The van der Waals surface area contributed by atoms with Crippen molar-refractivity contribution in [3.05, 3.63) is 78.1 Å². The quantitative estimate of drug-likeness (QED) is 0.152. The summed E-state index contributed by atoms with van der Waals surface area (Å²) in [5.41, 5.74) is 6.20. The van der Waals surface area contributed by atoms with Crippen LogP contribution in [0, 0.1) is 5.92 Å². The Morgan fingerprint density at radius 3 is 2.62 bits per heavy atom. The third-order valence-electron chi connectivity index (χ3n) is 7.88. The zero-order chi connectivity index (χ0) is 27.0. The van der Waals surface area contributed by atoms with Gasteiger partial charge in [-0.1, -0.05) is 87.9 Å². The van der Waals surface area contributed by atoms with Crippen LogP contribution < -0.4 is 10.1 Å². The molecule has 39 heavy (non-hydrogen) atoms. The minimum atomic E-state index is -1.31. The maximum atomic E-state index is 11.1. The van der Waals surface area contributed by atoms with Crippen molar-refractivity contribution < 1.29 is 14.6 Å². The fourth-order valence-corrected chi connectivity index (χ4v) is 5.74. The van der Waals surface area contributed by atoms with Gasteiger partial charge < -0.3 is 19.7 Å². The Morgan fingerprint density at radius 1 is 1.05 bits per heavy atom. The van der Waals surface area contributed by atoms with Crippen LogP contribution in [0.1, 0.15) is 69.7 Å². The molecule has 1 saturated carbocycles. The van der Waals surface area contributed by atoms with Crippen LogP contribution in [-0.4, -0.2) is 27.4 Å². The second-order valence-corrected chi connectivity index (χ2v) is 10.7. The number of imidazole rings is 1. The highest BCUT2D eigenvalue weighted by Gasteiger charge is 2.15. The molecule has 0 atom stereocenters. The van der Waals surface area contributed by atoms with E-state index in [9.17, 15) is 4.79 Å². The van der Waals surface area contributed by atoms with Crippen LogP contribution in [0.25, 0.3) is 22.2 Å². The summed E-state index contributed by atoms with van der Waals surface area (Å²) < 4.78 is 7.34. The van der Waals surface area contributed by atoms with E-state index >= 15 is 0 Å². The summed E-state index contributed by atoms with van der Waals surface area (Å²) >= 11 is 0. The molecular weight excluding hydrogens is 486 g/mol. The van der Waals surface area contributed by atoms with Crippen molar-refractivity contribution in [2.24, 2.45) is 5.92 Å². The normalized spacial score (nSPS) is 14.0. The molecule has 1 aliphatic rings. The standard InChI is InChI=1S/C33H39N3O3/c1-2-3-13-32-35-29-19-18-27(34-21-20-24-9-5-4-6-10-24)22-30(29)36(32)23-25-14-16-26(17-15-25)28-11-7-8-12-31(28)39-33(37)38/h7-8,11-12,14-19,22,24,34H,2-6,9-10,13,20-21,23H2,1H3,(H,37,38). The largest absolute Gasteiger partial charge is 0.511 e. The van der Waals surface area contributed by atoms with Gasteiger partial charge in [-0.2, -0.15) is 0 Å². The molecule has 4 aromatic rings. The molecule has 3 aromatic carbocycles. The lowest BCUT2D eigenvalue weighted by Gasteiger charge is -2.21. The smallest absolute Gasteiger partial charge is 0.449 e. The average Bonchev–Trinajstić information content (AvgIpc) is 3.29. The van der Waals surface area contributed by atoms with Gasteiger partial charge in [0.15, 0.2) is 0 Å². The fourth-order valence-electron chi connectivity index (χ4n) is 5.74. The van der Waals surface area contributed by atoms with E-state index in [1.807, 2.05) is 24.3 Å². The van der Waals surface area contributed by atoms with Crippen LogP contribution in [0.3, 0.4) is 0 Å². The highest BCUT2D eigenvalue weighted by molar-refractivity contribution is 5.80. The maximum absolute atomic E-state index is 11.1. The molecule has 0 radical (unpaired) electrons. The summed E-state index contributed by atoms with van der Waals surface area (Å²) in [4.78, 5) is 16.1. The number of benzene rings is 3. The predicted octanol–water partition coefficient (Wildman–Crippen LogP) is 8.53. The topological polar surface area (TPSA) is 76.4 Å². The van der Waals surface area contributed by atoms with Crippen LogP contribution in [0.15, 0.2) is 66.7 Å². The Kier molecular flexibility index (Phi) is 8.82. The van der Waals surface area contributed by atoms with Gasteiger partial charge in [-0.05, 0) is 54.2 Å². The fraction of sp³-hybridized carbons (Fsp3) is 0.394. The van der Waals surface area contributed by atoms with Crippen LogP contribution in [0.4, 0.5) is 10.5 Å². The van der Waals surface area contributed by atoms with Gasteiger partial charge in [0.2, 0.25) is 0 Å². The van der Waals surface area contributed by atoms with Gasteiger partial charge in [0.1, 0.15) is 11.6 Å². The molecule has 5 rings (SSSR count). The molecule has 0 amide bonds. The molecule has 0 aliphatic heterocycles. The molecule has 1 fully saturated rings. The van der Waals surface area contributed by atoms with Crippen molar-refractivity contribution in [2.45, 2.75) is 71.3 Å². The van der Waals surface area contributed by atoms with E-state index in [0.29, 0.717) is 5.75 Å². The molecule has 1 aliphatic carbocycles. The molecule has 1 heterocycles. The summed E-state index contributed by atoms with van der Waals surface area (Å²) in [6.07, 6.45) is 10.1. The number of para-hydroxylation sites is 1. The van der Waals surface area contributed by atoms with Gasteiger partial charge in [-0.3, -0.25) is 0 Å². The number of hydrogen-bond acceptors (Lipinski definition) is 4. The summed E-state index contributed by atoms with van der Waals surface area (Å²) in [6, 6.07) is 22.1. The van der Waals surface area contributed by atoms with E-state index in [1.54, 1.807) is 12.1 Å². The number of nitrogens with one attached hydrogen (secondary N) is 1. The first-order valence-electron chi connectivity index (χ1n) is 14.4. The molecule has 0 spiro atoms. The third-order valence-corrected chi connectivity index (χ3v) is 7.88. The zero-order valence-electron chi connectivity index (χ0n) is 22.9. The highest BCUT2D eigenvalue weighted by atomic mass is 16.7. The molecule has 2 N–H and O–H groups in total. The zero-order valence-corrected chi connectivity index (χ0v) is 22.9.